The van der Waals surface area contributed by atoms with Crippen LogP contribution in [0.1, 0.15) is 18.9 Å². The molecule has 3 aromatic heterocycles. The van der Waals surface area contributed by atoms with Gasteiger partial charge in [0.25, 0.3) is 0 Å². The number of fused-ring (bicyclic) bond motifs is 2. The number of hydrogen-bond donors (Lipinski definition) is 2. The molecule has 0 radical (unpaired) electrons. The normalized spacial score (nSPS) is 12.4. The van der Waals surface area contributed by atoms with E-state index in [0.29, 0.717) is 12.5 Å². The van der Waals surface area contributed by atoms with E-state index >= 15 is 0 Å². The van der Waals surface area contributed by atoms with E-state index in [0.717, 1.165) is 52.7 Å². The first kappa shape index (κ1) is 17.7. The predicted molar refractivity (Wildman–Crippen MR) is 113 cm³/mol. The van der Waals surface area contributed by atoms with Gasteiger partial charge in [-0.2, -0.15) is 21.3 Å². The lowest BCUT2D eigenvalue weighted by Crippen LogP contribution is -2.09. The maximum atomic E-state index is 5.46. The summed E-state index contributed by atoms with van der Waals surface area (Å²) in [5, 5.41) is 10.8. The molecule has 9 heteroatoms. The number of anilines is 2. The molecule has 5 rings (SSSR count). The lowest BCUT2D eigenvalue weighted by molar-refractivity contribution is 0.174. The van der Waals surface area contributed by atoms with Gasteiger partial charge in [-0.1, -0.05) is 13.0 Å². The Morgan fingerprint density at radius 1 is 1.14 bits per heavy atom. The van der Waals surface area contributed by atoms with Crippen molar-refractivity contribution in [1.29, 1.82) is 0 Å². The Balaban J connectivity index is 1.46. The quantitative estimate of drug-likeness (QED) is 0.477. The zero-order chi connectivity index (χ0) is 19.6. The van der Waals surface area contributed by atoms with Crippen molar-refractivity contribution in [2.24, 2.45) is 0 Å². The molecule has 0 spiro atoms. The Morgan fingerprint density at radius 3 is 2.93 bits per heavy atom. The molecule has 0 saturated heterocycles. The molecular formula is C20H20N6O2S. The van der Waals surface area contributed by atoms with Crippen LogP contribution in [-0.2, 0) is 6.54 Å². The number of benzene rings is 1. The van der Waals surface area contributed by atoms with Gasteiger partial charge in [0.05, 0.1) is 5.69 Å². The van der Waals surface area contributed by atoms with Crippen molar-refractivity contribution in [1.82, 2.24) is 19.5 Å². The van der Waals surface area contributed by atoms with Gasteiger partial charge in [-0.05, 0) is 35.6 Å². The van der Waals surface area contributed by atoms with Gasteiger partial charge in [0, 0.05) is 18.5 Å². The van der Waals surface area contributed by atoms with E-state index in [1.54, 1.807) is 17.7 Å². The van der Waals surface area contributed by atoms with Crippen LogP contribution in [0.15, 0.2) is 41.4 Å². The molecule has 0 aliphatic carbocycles. The number of imidazole rings is 1. The van der Waals surface area contributed by atoms with Gasteiger partial charge in [-0.25, -0.2) is 4.98 Å². The molecular weight excluding hydrogens is 388 g/mol. The van der Waals surface area contributed by atoms with E-state index < -0.39 is 0 Å². The Morgan fingerprint density at radius 2 is 2.07 bits per heavy atom. The summed E-state index contributed by atoms with van der Waals surface area (Å²) >= 11 is 1.64. The van der Waals surface area contributed by atoms with Crippen LogP contribution in [0.25, 0.3) is 16.9 Å². The Kier molecular flexibility index (Phi) is 4.65. The molecule has 0 atom stereocenters. The number of nitrogens with one attached hydrogen (secondary N) is 2. The molecule has 0 bridgehead atoms. The minimum Gasteiger partial charge on any atom is -0.454 e. The van der Waals surface area contributed by atoms with E-state index in [4.69, 9.17) is 14.5 Å². The van der Waals surface area contributed by atoms with Gasteiger partial charge in [-0.3, -0.25) is 4.57 Å². The fraction of sp³-hybridized carbons (Fsp3) is 0.250. The number of aromatic nitrogens is 4. The van der Waals surface area contributed by atoms with Crippen LogP contribution < -0.4 is 20.1 Å². The topological polar surface area (TPSA) is 86.1 Å². The Hall–Kier alpha value is -3.33. The number of hydrogen-bond acceptors (Lipinski definition) is 8. The SMILES string of the molecule is CCCNc1nc(NCc2ccc3c(c2)OCO3)nc2c1ncn2-c1ccsc1. The van der Waals surface area contributed by atoms with Crippen LogP contribution in [0.5, 0.6) is 11.5 Å². The lowest BCUT2D eigenvalue weighted by Gasteiger charge is -2.10. The fourth-order valence-corrected chi connectivity index (χ4v) is 3.79. The first-order valence-electron chi connectivity index (χ1n) is 9.46. The third-order valence-corrected chi connectivity index (χ3v) is 5.28. The minimum absolute atomic E-state index is 0.269. The van der Waals surface area contributed by atoms with Crippen LogP contribution >= 0.6 is 11.3 Å². The minimum atomic E-state index is 0.269. The fourth-order valence-electron chi connectivity index (χ4n) is 3.16. The van der Waals surface area contributed by atoms with Gasteiger partial charge >= 0.3 is 0 Å². The second kappa shape index (κ2) is 7.59. The molecule has 0 amide bonds. The number of rotatable bonds is 7. The summed E-state index contributed by atoms with van der Waals surface area (Å²) in [7, 11) is 0. The molecule has 8 nitrogen and oxygen atoms in total. The van der Waals surface area contributed by atoms with Crippen molar-refractivity contribution in [3.05, 3.63) is 46.9 Å². The van der Waals surface area contributed by atoms with Gasteiger partial charge < -0.3 is 20.1 Å². The molecule has 4 aromatic rings. The maximum Gasteiger partial charge on any atom is 0.231 e. The van der Waals surface area contributed by atoms with Gasteiger partial charge in [0.2, 0.25) is 12.7 Å². The summed E-state index contributed by atoms with van der Waals surface area (Å²) in [4.78, 5) is 13.9. The third-order valence-electron chi connectivity index (χ3n) is 4.61. The summed E-state index contributed by atoms with van der Waals surface area (Å²) in [6.45, 7) is 3.78. The molecule has 0 saturated carbocycles. The van der Waals surface area contributed by atoms with E-state index in [9.17, 15) is 0 Å². The first-order valence-corrected chi connectivity index (χ1v) is 10.4. The van der Waals surface area contributed by atoms with Crippen molar-refractivity contribution >= 4 is 34.3 Å². The van der Waals surface area contributed by atoms with Crippen molar-refractivity contribution < 1.29 is 9.47 Å². The van der Waals surface area contributed by atoms with Crippen LogP contribution in [0.3, 0.4) is 0 Å². The summed E-state index contributed by atoms with van der Waals surface area (Å²) in [6, 6.07) is 7.95. The molecule has 29 heavy (non-hydrogen) atoms. The second-order valence-electron chi connectivity index (χ2n) is 6.63. The monoisotopic (exact) mass is 408 g/mol. The first-order chi connectivity index (χ1) is 14.3. The number of thiophene rings is 1. The van der Waals surface area contributed by atoms with E-state index in [-0.39, 0.29) is 6.79 Å². The maximum absolute atomic E-state index is 5.46. The van der Waals surface area contributed by atoms with Gasteiger partial charge in [-0.15, -0.1) is 0 Å². The molecule has 4 heterocycles. The van der Waals surface area contributed by atoms with Crippen LogP contribution in [-0.4, -0.2) is 32.9 Å². The third kappa shape index (κ3) is 3.44. The van der Waals surface area contributed by atoms with Crippen LogP contribution in [0.2, 0.25) is 0 Å². The summed E-state index contributed by atoms with van der Waals surface area (Å²) in [6.07, 6.45) is 2.79. The average molecular weight is 408 g/mol. The number of nitrogens with zero attached hydrogens (tertiary/aromatic N) is 4. The summed E-state index contributed by atoms with van der Waals surface area (Å²) in [5.74, 6) is 2.82. The Labute approximate surface area is 171 Å². The van der Waals surface area contributed by atoms with Crippen LogP contribution in [0, 0.1) is 0 Å². The zero-order valence-corrected chi connectivity index (χ0v) is 16.7. The van der Waals surface area contributed by atoms with Crippen molar-refractivity contribution in [2.75, 3.05) is 24.0 Å². The highest BCUT2D eigenvalue weighted by Crippen LogP contribution is 2.32. The molecule has 148 valence electrons. The predicted octanol–water partition coefficient (Wildman–Crippen LogP) is 4.04. The molecule has 1 aliphatic rings. The second-order valence-corrected chi connectivity index (χ2v) is 7.41. The summed E-state index contributed by atoms with van der Waals surface area (Å²) in [5.41, 5.74) is 3.63. The highest BCUT2D eigenvalue weighted by Gasteiger charge is 2.16. The zero-order valence-electron chi connectivity index (χ0n) is 15.9. The Bertz CT molecular complexity index is 1140. The van der Waals surface area contributed by atoms with Crippen molar-refractivity contribution in [3.63, 3.8) is 0 Å². The molecule has 0 unspecified atom stereocenters. The van der Waals surface area contributed by atoms with Gasteiger partial charge in [0.15, 0.2) is 28.5 Å². The highest BCUT2D eigenvalue weighted by molar-refractivity contribution is 7.08. The van der Waals surface area contributed by atoms with Crippen molar-refractivity contribution in [3.8, 4) is 17.2 Å². The van der Waals surface area contributed by atoms with Gasteiger partial charge in [0.1, 0.15) is 6.33 Å². The van der Waals surface area contributed by atoms with Crippen molar-refractivity contribution in [2.45, 2.75) is 19.9 Å². The summed E-state index contributed by atoms with van der Waals surface area (Å²) < 4.78 is 12.8. The van der Waals surface area contributed by atoms with E-state index in [2.05, 4.69) is 32.9 Å². The average Bonchev–Trinajstić information content (AvgIpc) is 3.49. The molecule has 0 fully saturated rings. The lowest BCUT2D eigenvalue weighted by atomic mass is 10.2. The highest BCUT2D eigenvalue weighted by atomic mass is 32.1. The smallest absolute Gasteiger partial charge is 0.231 e. The van der Waals surface area contributed by atoms with E-state index in [1.165, 1.54) is 0 Å². The molecule has 1 aromatic carbocycles. The van der Waals surface area contributed by atoms with E-state index in [1.807, 2.05) is 34.2 Å². The largest absolute Gasteiger partial charge is 0.454 e. The standard InChI is InChI=1S/C20H20N6O2S/c1-2-6-21-18-17-19(26(11-23-17)14-5-7-29-10-14)25-20(24-18)22-9-13-3-4-15-16(8-13)28-12-27-15/h3-5,7-8,10-11H,2,6,9,12H2,1H3,(H2,21,22,24,25). The van der Waals surface area contributed by atoms with Crippen LogP contribution in [0.4, 0.5) is 11.8 Å². The number of ether oxygens (including phenoxy) is 2. The molecule has 1 aliphatic heterocycles. The molecule has 2 N–H and O–H groups in total.